The minimum atomic E-state index is -0.814. The number of carbonyl (C=O) groups is 2. The Bertz CT molecular complexity index is 304. The number of nitrogens with one attached hydrogen (secondary N) is 4. The van der Waals surface area contributed by atoms with E-state index in [4.69, 9.17) is 5.73 Å². The van der Waals surface area contributed by atoms with E-state index < -0.39 is 10.4 Å². The molecule has 3 amide bonds. The lowest BCUT2D eigenvalue weighted by atomic mass is 10.0. The van der Waals surface area contributed by atoms with Crippen molar-refractivity contribution in [1.82, 2.24) is 21.3 Å². The normalized spacial score (nSPS) is 10.7. The molecule has 0 saturated carbocycles. The van der Waals surface area contributed by atoms with Crippen LogP contribution in [0, 0.1) is 0 Å². The molecule has 0 bridgehead atoms. The molecule has 0 aliphatic heterocycles. The van der Waals surface area contributed by atoms with Crippen molar-refractivity contribution >= 4 is 27.9 Å². The van der Waals surface area contributed by atoms with Crippen molar-refractivity contribution in [2.24, 2.45) is 5.73 Å². The Morgan fingerprint density at radius 3 is 1.57 bits per heavy atom. The van der Waals surface area contributed by atoms with Crippen molar-refractivity contribution in [3.05, 3.63) is 0 Å². The van der Waals surface area contributed by atoms with E-state index in [0.717, 1.165) is 39.3 Å². The van der Waals surface area contributed by atoms with Crippen LogP contribution in [0.3, 0.4) is 0 Å². The fraction of sp³-hybridized carbons (Fsp3) is 0.867. The van der Waals surface area contributed by atoms with E-state index in [1.807, 2.05) is 19.2 Å². The third kappa shape index (κ3) is 14.6. The predicted molar refractivity (Wildman–Crippen MR) is 99.9 cm³/mol. The Hall–Kier alpha value is -0.700. The molecule has 7 nitrogen and oxygen atoms in total. The number of likely N-dealkylation sites (N-methyl/N-ethyl adjacent to an activating group) is 2. The molecule has 0 radical (unpaired) electrons. The lowest BCUT2D eigenvalue weighted by Crippen LogP contribution is -2.46. The number of hydrogen-bond acceptors (Lipinski definition) is 5. The van der Waals surface area contributed by atoms with Crippen LogP contribution in [0.15, 0.2) is 0 Å². The fourth-order valence-corrected chi connectivity index (χ4v) is 1.73. The quantitative estimate of drug-likeness (QED) is 0.264. The van der Waals surface area contributed by atoms with Crippen LogP contribution in [0.2, 0.25) is 0 Å². The Morgan fingerprint density at radius 2 is 1.26 bits per heavy atom. The first kappa shape index (κ1) is 24.6. The van der Waals surface area contributed by atoms with Crippen LogP contribution in [-0.4, -0.2) is 55.5 Å². The van der Waals surface area contributed by atoms with Crippen LogP contribution < -0.4 is 27.0 Å². The largest absolute Gasteiger partial charge is 0.351 e. The van der Waals surface area contributed by atoms with Crippen molar-refractivity contribution in [3.63, 3.8) is 0 Å². The summed E-state index contributed by atoms with van der Waals surface area (Å²) in [5, 5.41) is 11.9. The summed E-state index contributed by atoms with van der Waals surface area (Å²) in [5.41, 5.74) is 4.81. The van der Waals surface area contributed by atoms with E-state index in [0.29, 0.717) is 12.8 Å². The van der Waals surface area contributed by atoms with Crippen LogP contribution in [0.25, 0.3) is 0 Å². The Balaban J connectivity index is 0. The smallest absolute Gasteiger partial charge is 0.318 e. The van der Waals surface area contributed by atoms with Gasteiger partial charge in [-0.1, -0.05) is 43.6 Å². The Morgan fingerprint density at radius 1 is 0.870 bits per heavy atom. The van der Waals surface area contributed by atoms with Gasteiger partial charge in [-0.2, -0.15) is 0 Å². The van der Waals surface area contributed by atoms with E-state index in [1.54, 1.807) is 0 Å². The first-order chi connectivity index (χ1) is 10.9. The summed E-state index contributed by atoms with van der Waals surface area (Å²) in [6.07, 6.45) is 1.23. The zero-order valence-electron chi connectivity index (χ0n) is 14.9. The highest BCUT2D eigenvalue weighted by Crippen LogP contribution is 2.26. The van der Waals surface area contributed by atoms with Crippen LogP contribution >= 0.6 is 15.9 Å². The summed E-state index contributed by atoms with van der Waals surface area (Å²) in [7, 11) is 0. The standard InChI is InChI=1S/C8H21N3.C7H13BrN2O2/c1-3-9-5-7-11-8-6-10-4-2;1-3-7(8,4-2)5(11)10-6(9)12/h9-11H,3-8H2,1-2H3;3-4H2,1-2H3,(H3,9,10,11,12). The van der Waals surface area contributed by atoms with Gasteiger partial charge in [0, 0.05) is 26.2 Å². The molecule has 0 aliphatic rings. The second kappa shape index (κ2) is 16.2. The summed E-state index contributed by atoms with van der Waals surface area (Å²) < 4.78 is -0.665. The first-order valence-electron chi connectivity index (χ1n) is 8.29. The van der Waals surface area contributed by atoms with Gasteiger partial charge in [0.05, 0.1) is 0 Å². The summed E-state index contributed by atoms with van der Waals surface area (Å²) in [4.78, 5) is 21.6. The van der Waals surface area contributed by atoms with E-state index in [9.17, 15) is 9.59 Å². The van der Waals surface area contributed by atoms with Crippen molar-refractivity contribution in [2.45, 2.75) is 44.9 Å². The number of rotatable bonds is 11. The van der Waals surface area contributed by atoms with Crippen molar-refractivity contribution in [2.75, 3.05) is 39.3 Å². The lowest BCUT2D eigenvalue weighted by molar-refractivity contribution is -0.122. The van der Waals surface area contributed by atoms with E-state index in [2.05, 4.69) is 45.7 Å². The van der Waals surface area contributed by atoms with Crippen molar-refractivity contribution in [1.29, 1.82) is 0 Å². The molecule has 138 valence electrons. The minimum Gasteiger partial charge on any atom is -0.351 e. The third-order valence-corrected chi connectivity index (χ3v) is 4.70. The molecular weight excluding hydrogens is 362 g/mol. The maximum atomic E-state index is 11.3. The molecule has 0 aromatic rings. The minimum absolute atomic E-state index is 0.375. The number of primary amides is 1. The van der Waals surface area contributed by atoms with Crippen LogP contribution in [-0.2, 0) is 4.79 Å². The maximum Gasteiger partial charge on any atom is 0.318 e. The molecule has 0 fully saturated rings. The third-order valence-electron chi connectivity index (χ3n) is 3.22. The van der Waals surface area contributed by atoms with Gasteiger partial charge >= 0.3 is 6.03 Å². The van der Waals surface area contributed by atoms with Crippen molar-refractivity contribution < 1.29 is 9.59 Å². The number of alkyl halides is 1. The molecule has 8 heteroatoms. The SMILES string of the molecule is CCC(Br)(CC)C(=O)NC(N)=O.CCNCCNCCNCC. The van der Waals surface area contributed by atoms with Gasteiger partial charge in [0.25, 0.3) is 0 Å². The molecule has 0 aromatic carbocycles. The summed E-state index contributed by atoms with van der Waals surface area (Å²) in [6, 6.07) is -0.814. The van der Waals surface area contributed by atoms with Gasteiger partial charge in [-0.05, 0) is 25.9 Å². The number of imide groups is 1. The molecule has 0 spiro atoms. The van der Waals surface area contributed by atoms with Gasteiger partial charge < -0.3 is 21.7 Å². The predicted octanol–water partition coefficient (Wildman–Crippen LogP) is 0.930. The highest BCUT2D eigenvalue weighted by atomic mass is 79.9. The average Bonchev–Trinajstić information content (AvgIpc) is 2.53. The molecule has 0 rings (SSSR count). The number of hydrogen-bond donors (Lipinski definition) is 5. The molecule has 0 unspecified atom stereocenters. The first-order valence-corrected chi connectivity index (χ1v) is 9.09. The van der Waals surface area contributed by atoms with Crippen LogP contribution in [0.4, 0.5) is 4.79 Å². The van der Waals surface area contributed by atoms with Gasteiger partial charge in [-0.25, -0.2) is 4.79 Å². The van der Waals surface area contributed by atoms with Gasteiger partial charge in [-0.3, -0.25) is 10.1 Å². The lowest BCUT2D eigenvalue weighted by Gasteiger charge is -2.21. The summed E-state index contributed by atoms with van der Waals surface area (Å²) >= 11 is 3.26. The van der Waals surface area contributed by atoms with Crippen LogP contribution in [0.5, 0.6) is 0 Å². The second-order valence-electron chi connectivity index (χ2n) is 4.95. The zero-order chi connectivity index (χ0) is 18.1. The highest BCUT2D eigenvalue weighted by Gasteiger charge is 2.32. The van der Waals surface area contributed by atoms with Crippen LogP contribution in [0.1, 0.15) is 40.5 Å². The number of halogens is 1. The zero-order valence-corrected chi connectivity index (χ0v) is 16.5. The molecule has 0 aromatic heterocycles. The monoisotopic (exact) mass is 395 g/mol. The molecule has 6 N–H and O–H groups in total. The molecule has 0 aliphatic carbocycles. The van der Waals surface area contributed by atoms with Gasteiger partial charge in [-0.15, -0.1) is 0 Å². The Labute approximate surface area is 149 Å². The van der Waals surface area contributed by atoms with Gasteiger partial charge in [0.15, 0.2) is 0 Å². The Kier molecular flexibility index (Phi) is 17.3. The molecular formula is C15H34BrN5O2. The second-order valence-corrected chi connectivity index (χ2v) is 6.47. The number of urea groups is 1. The highest BCUT2D eigenvalue weighted by molar-refractivity contribution is 9.10. The average molecular weight is 396 g/mol. The van der Waals surface area contributed by atoms with Gasteiger partial charge in [0.2, 0.25) is 5.91 Å². The number of carbonyl (C=O) groups excluding carboxylic acids is 2. The number of amides is 3. The summed E-state index contributed by atoms with van der Waals surface area (Å²) in [6.45, 7) is 14.4. The molecule has 0 saturated heterocycles. The van der Waals surface area contributed by atoms with Crippen molar-refractivity contribution in [3.8, 4) is 0 Å². The van der Waals surface area contributed by atoms with E-state index >= 15 is 0 Å². The topological polar surface area (TPSA) is 108 Å². The van der Waals surface area contributed by atoms with E-state index in [1.165, 1.54) is 0 Å². The van der Waals surface area contributed by atoms with E-state index in [-0.39, 0.29) is 5.91 Å². The fourth-order valence-electron chi connectivity index (χ4n) is 1.63. The maximum absolute atomic E-state index is 11.3. The molecule has 0 heterocycles. The summed E-state index contributed by atoms with van der Waals surface area (Å²) in [5.74, 6) is -0.375. The molecule has 23 heavy (non-hydrogen) atoms. The van der Waals surface area contributed by atoms with Gasteiger partial charge in [0.1, 0.15) is 4.32 Å². The molecule has 0 atom stereocenters. The number of nitrogens with two attached hydrogens (primary N) is 1.